The number of amides is 1. The van der Waals surface area contributed by atoms with Gasteiger partial charge in [-0.05, 0) is 22.9 Å². The molecule has 0 spiro atoms. The number of carbonyl (C=O) groups excluding carboxylic acids is 1. The largest absolute Gasteiger partial charge is 0.343 e. The van der Waals surface area contributed by atoms with Crippen LogP contribution in [0.15, 0.2) is 47.4 Å². The second kappa shape index (κ2) is 5.73. The van der Waals surface area contributed by atoms with Gasteiger partial charge in [0.15, 0.2) is 0 Å². The van der Waals surface area contributed by atoms with E-state index in [0.29, 0.717) is 26.2 Å². The lowest BCUT2D eigenvalue weighted by molar-refractivity contribution is -0.119. The molecule has 1 atom stereocenters. The van der Waals surface area contributed by atoms with Gasteiger partial charge in [-0.3, -0.25) is 4.79 Å². The van der Waals surface area contributed by atoms with Crippen molar-refractivity contribution in [3.63, 3.8) is 0 Å². The van der Waals surface area contributed by atoms with E-state index in [1.54, 1.807) is 4.90 Å². The minimum absolute atomic E-state index is 0.642. The maximum atomic E-state index is 12.6. The minimum atomic E-state index is -1.15. The van der Waals surface area contributed by atoms with Gasteiger partial charge in [-0.25, -0.2) is 8.51 Å². The predicted molar refractivity (Wildman–Crippen MR) is 79.6 cm³/mol. The molecule has 104 valence electrons. The lowest BCUT2D eigenvalue weighted by atomic mass is 10.1. The molecule has 1 amide bonds. The van der Waals surface area contributed by atoms with Crippen LogP contribution in [0.1, 0.15) is 0 Å². The van der Waals surface area contributed by atoms with Gasteiger partial charge in [-0.2, -0.15) is 0 Å². The van der Waals surface area contributed by atoms with E-state index in [1.807, 2.05) is 46.8 Å². The van der Waals surface area contributed by atoms with Gasteiger partial charge in [-0.1, -0.05) is 30.3 Å². The summed E-state index contributed by atoms with van der Waals surface area (Å²) >= 11 is 0. The molecule has 0 bridgehead atoms. The molecule has 5 heteroatoms. The fourth-order valence-corrected chi connectivity index (χ4v) is 3.61. The Hall–Kier alpha value is -1.72. The molecule has 0 aromatic heterocycles. The van der Waals surface area contributed by atoms with E-state index < -0.39 is 11.0 Å². The van der Waals surface area contributed by atoms with E-state index in [9.17, 15) is 9.00 Å². The van der Waals surface area contributed by atoms with E-state index in [1.165, 1.54) is 0 Å². The first kappa shape index (κ1) is 13.3. The van der Waals surface area contributed by atoms with Crippen LogP contribution in [0.5, 0.6) is 0 Å². The third kappa shape index (κ3) is 2.59. The summed E-state index contributed by atoms with van der Waals surface area (Å²) in [5.41, 5.74) is 0. The smallest absolute Gasteiger partial charge is 0.209 e. The number of hydrogen-bond acceptors (Lipinski definition) is 2. The lowest BCUT2D eigenvalue weighted by Gasteiger charge is -2.31. The zero-order valence-corrected chi connectivity index (χ0v) is 11.9. The molecular formula is C15H16N2O2S. The summed E-state index contributed by atoms with van der Waals surface area (Å²) in [7, 11) is -1.15. The number of rotatable bonds is 3. The molecule has 1 fully saturated rings. The Kier molecular flexibility index (Phi) is 3.80. The third-order valence-corrected chi connectivity index (χ3v) is 5.07. The summed E-state index contributed by atoms with van der Waals surface area (Å²) in [5.74, 6) is 0. The molecule has 4 nitrogen and oxygen atoms in total. The molecule has 3 rings (SSSR count). The van der Waals surface area contributed by atoms with Crippen LogP contribution < -0.4 is 0 Å². The van der Waals surface area contributed by atoms with Crippen LogP contribution in [0.25, 0.3) is 10.8 Å². The van der Waals surface area contributed by atoms with Gasteiger partial charge >= 0.3 is 0 Å². The monoisotopic (exact) mass is 288 g/mol. The van der Waals surface area contributed by atoms with E-state index in [0.717, 1.165) is 22.1 Å². The third-order valence-electron chi connectivity index (χ3n) is 3.58. The number of carbonyl (C=O) groups is 1. The molecule has 20 heavy (non-hydrogen) atoms. The van der Waals surface area contributed by atoms with Gasteiger partial charge in [0.25, 0.3) is 0 Å². The van der Waals surface area contributed by atoms with E-state index in [4.69, 9.17) is 0 Å². The highest BCUT2D eigenvalue weighted by Gasteiger charge is 2.21. The molecule has 1 aliphatic rings. The van der Waals surface area contributed by atoms with Crippen molar-refractivity contribution in [1.82, 2.24) is 9.21 Å². The quantitative estimate of drug-likeness (QED) is 0.806. The van der Waals surface area contributed by atoms with Gasteiger partial charge in [0.05, 0.1) is 4.90 Å². The standard InChI is InChI=1S/C15H16N2O2S/c18-12-16-7-9-17(10-8-16)20(19)15-6-5-13-3-1-2-4-14(13)11-15/h1-6,11-12H,7-10H2. The first-order valence-electron chi connectivity index (χ1n) is 6.63. The maximum absolute atomic E-state index is 12.6. The highest BCUT2D eigenvalue weighted by atomic mass is 32.2. The number of benzene rings is 2. The van der Waals surface area contributed by atoms with E-state index >= 15 is 0 Å². The van der Waals surface area contributed by atoms with Crippen molar-refractivity contribution in [1.29, 1.82) is 0 Å². The summed E-state index contributed by atoms with van der Waals surface area (Å²) in [6, 6.07) is 14.0. The Morgan fingerprint density at radius 2 is 1.65 bits per heavy atom. The summed E-state index contributed by atoms with van der Waals surface area (Å²) in [6.45, 7) is 2.59. The van der Waals surface area contributed by atoms with Gasteiger partial charge in [0.2, 0.25) is 6.41 Å². The SMILES string of the molecule is O=CN1CCN(S(=O)c2ccc3ccccc3c2)CC1. The zero-order valence-electron chi connectivity index (χ0n) is 11.1. The van der Waals surface area contributed by atoms with Gasteiger partial charge < -0.3 is 4.90 Å². The van der Waals surface area contributed by atoms with Crippen molar-refractivity contribution in [3.05, 3.63) is 42.5 Å². The van der Waals surface area contributed by atoms with Gasteiger partial charge in [0.1, 0.15) is 11.0 Å². The first-order chi connectivity index (χ1) is 9.78. The van der Waals surface area contributed by atoms with E-state index in [-0.39, 0.29) is 0 Å². The number of piperazine rings is 1. The molecule has 1 unspecified atom stereocenters. The van der Waals surface area contributed by atoms with Crippen molar-refractivity contribution in [2.24, 2.45) is 0 Å². The first-order valence-corrected chi connectivity index (χ1v) is 7.73. The number of nitrogens with zero attached hydrogens (tertiary/aromatic N) is 2. The predicted octanol–water partition coefficient (Wildman–Crippen LogP) is 1.64. The second-order valence-corrected chi connectivity index (χ2v) is 6.31. The van der Waals surface area contributed by atoms with Crippen molar-refractivity contribution in [2.45, 2.75) is 4.90 Å². The molecule has 0 aliphatic carbocycles. The van der Waals surface area contributed by atoms with Crippen LogP contribution in [0.2, 0.25) is 0 Å². The molecule has 0 N–H and O–H groups in total. The summed E-state index contributed by atoms with van der Waals surface area (Å²) in [4.78, 5) is 13.2. The van der Waals surface area contributed by atoms with Crippen molar-refractivity contribution < 1.29 is 9.00 Å². The fourth-order valence-electron chi connectivity index (χ4n) is 2.40. The van der Waals surface area contributed by atoms with Crippen LogP contribution in [0.4, 0.5) is 0 Å². The molecule has 1 heterocycles. The topological polar surface area (TPSA) is 40.6 Å². The number of fused-ring (bicyclic) bond motifs is 1. The Balaban J connectivity index is 1.80. The van der Waals surface area contributed by atoms with Crippen LogP contribution in [-0.2, 0) is 15.8 Å². The Bertz CT molecular complexity index is 651. The highest BCUT2D eigenvalue weighted by Crippen LogP contribution is 2.20. The van der Waals surface area contributed by atoms with Crippen molar-refractivity contribution in [3.8, 4) is 0 Å². The average Bonchev–Trinajstić information content (AvgIpc) is 2.54. The van der Waals surface area contributed by atoms with Gasteiger partial charge in [-0.15, -0.1) is 0 Å². The molecule has 0 radical (unpaired) electrons. The molecule has 1 aliphatic heterocycles. The fraction of sp³-hybridized carbons (Fsp3) is 0.267. The molecule has 2 aromatic carbocycles. The zero-order chi connectivity index (χ0) is 13.9. The lowest BCUT2D eigenvalue weighted by Crippen LogP contribution is -2.46. The average molecular weight is 288 g/mol. The summed E-state index contributed by atoms with van der Waals surface area (Å²) in [5, 5.41) is 2.25. The molecule has 1 saturated heterocycles. The van der Waals surface area contributed by atoms with Crippen molar-refractivity contribution in [2.75, 3.05) is 26.2 Å². The van der Waals surface area contributed by atoms with Crippen LogP contribution in [0.3, 0.4) is 0 Å². The summed E-state index contributed by atoms with van der Waals surface area (Å²) < 4.78 is 14.5. The Labute approximate surface area is 120 Å². The van der Waals surface area contributed by atoms with Crippen LogP contribution in [-0.4, -0.2) is 46.0 Å². The minimum Gasteiger partial charge on any atom is -0.343 e. The molecule has 2 aromatic rings. The summed E-state index contributed by atoms with van der Waals surface area (Å²) in [6.07, 6.45) is 0.857. The Morgan fingerprint density at radius 3 is 2.35 bits per heavy atom. The molecular weight excluding hydrogens is 272 g/mol. The Morgan fingerprint density at radius 1 is 0.950 bits per heavy atom. The highest BCUT2D eigenvalue weighted by molar-refractivity contribution is 7.82. The maximum Gasteiger partial charge on any atom is 0.209 e. The second-order valence-electron chi connectivity index (χ2n) is 4.83. The number of hydrogen-bond donors (Lipinski definition) is 0. The van der Waals surface area contributed by atoms with Crippen LogP contribution >= 0.6 is 0 Å². The normalized spacial score (nSPS) is 18.1. The van der Waals surface area contributed by atoms with Crippen LogP contribution in [0, 0.1) is 0 Å². The van der Waals surface area contributed by atoms with Gasteiger partial charge in [0, 0.05) is 26.2 Å². The van der Waals surface area contributed by atoms with E-state index in [2.05, 4.69) is 0 Å². The van der Waals surface area contributed by atoms with Crippen molar-refractivity contribution >= 4 is 28.2 Å². The molecule has 0 saturated carbocycles.